The van der Waals surface area contributed by atoms with Gasteiger partial charge in [-0.05, 0) is 103 Å². The molecule has 0 saturated carbocycles. The summed E-state index contributed by atoms with van der Waals surface area (Å²) in [6.07, 6.45) is 57.0. The van der Waals surface area contributed by atoms with Crippen LogP contribution >= 0.6 is 0 Å². The molecule has 0 aromatic carbocycles. The molecule has 0 aliphatic carbocycles. The zero-order chi connectivity index (χ0) is 52.5. The minimum Gasteiger partial charge on any atom is -0.465 e. The number of unbranched alkanes of at least 4 members (excludes halogenated alkanes) is 33. The van der Waals surface area contributed by atoms with Gasteiger partial charge in [0.05, 0.1) is 13.3 Å². The van der Waals surface area contributed by atoms with Gasteiger partial charge in [0.25, 0.3) is 0 Å². The van der Waals surface area contributed by atoms with Crippen molar-refractivity contribution in [3.05, 3.63) is 0 Å². The summed E-state index contributed by atoms with van der Waals surface area (Å²) in [5.41, 5.74) is 0. The largest absolute Gasteiger partial charge is 0.465 e. The van der Waals surface area contributed by atoms with Crippen LogP contribution in [0.15, 0.2) is 0 Å². The second-order valence-corrected chi connectivity index (χ2v) is 22.7. The zero-order valence-corrected chi connectivity index (χ0v) is 50.1. The lowest BCUT2D eigenvalue weighted by Crippen LogP contribution is -2.32. The van der Waals surface area contributed by atoms with Gasteiger partial charge in [-0.2, -0.15) is 0 Å². The first-order chi connectivity index (χ1) is 35.4. The number of amides is 1. The fourth-order valence-corrected chi connectivity index (χ4v) is 10.5. The zero-order valence-electron chi connectivity index (χ0n) is 50.1. The molecule has 0 aliphatic heterocycles. The number of carbonyl (C=O) groups is 2. The molecular weight excluding hydrogens is 887 g/mol. The van der Waals surface area contributed by atoms with Crippen molar-refractivity contribution in [2.24, 2.45) is 5.92 Å². The molecule has 1 unspecified atom stereocenters. The summed E-state index contributed by atoms with van der Waals surface area (Å²) in [7, 11) is 0. The van der Waals surface area contributed by atoms with E-state index in [1.165, 1.54) is 283 Å². The van der Waals surface area contributed by atoms with Gasteiger partial charge in [-0.15, -0.1) is 0 Å². The maximum atomic E-state index is 13.2. The van der Waals surface area contributed by atoms with E-state index in [9.17, 15) is 9.59 Å². The topological polar surface area (TPSA) is 62.3 Å². The van der Waals surface area contributed by atoms with E-state index in [1.54, 1.807) is 0 Å². The van der Waals surface area contributed by atoms with Crippen molar-refractivity contribution in [1.29, 1.82) is 0 Å². The van der Waals surface area contributed by atoms with Crippen molar-refractivity contribution in [1.82, 2.24) is 14.7 Å². The molecule has 0 fully saturated rings. The van der Waals surface area contributed by atoms with E-state index in [0.717, 1.165) is 65.0 Å². The summed E-state index contributed by atoms with van der Waals surface area (Å²) in [5, 5.41) is 0. The molecule has 0 spiro atoms. The van der Waals surface area contributed by atoms with Gasteiger partial charge in [-0.3, -0.25) is 14.5 Å². The van der Waals surface area contributed by atoms with E-state index in [4.69, 9.17) is 9.47 Å². The van der Waals surface area contributed by atoms with Gasteiger partial charge in [-0.25, -0.2) is 0 Å². The van der Waals surface area contributed by atoms with Crippen LogP contribution in [-0.4, -0.2) is 92.3 Å². The summed E-state index contributed by atoms with van der Waals surface area (Å²) >= 11 is 0. The van der Waals surface area contributed by atoms with Crippen molar-refractivity contribution < 1.29 is 19.1 Å². The second kappa shape index (κ2) is 59.1. The van der Waals surface area contributed by atoms with Gasteiger partial charge >= 0.3 is 5.97 Å². The average molecular weight is 1020 g/mol. The number of carbonyl (C=O) groups excluding carboxylic acids is 2. The first-order valence-corrected chi connectivity index (χ1v) is 32.9. The quantitative estimate of drug-likeness (QED) is 0.0344. The third-order valence-electron chi connectivity index (χ3n) is 15.5. The molecule has 7 heteroatoms. The minimum atomic E-state index is 0.0310. The van der Waals surface area contributed by atoms with Crippen molar-refractivity contribution in [3.8, 4) is 0 Å². The molecule has 0 N–H and O–H groups in total. The van der Waals surface area contributed by atoms with Crippen molar-refractivity contribution in [2.75, 3.05) is 65.8 Å². The Morgan fingerprint density at radius 3 is 1.10 bits per heavy atom. The Bertz CT molecular complexity index is 1050. The molecule has 0 aliphatic rings. The highest BCUT2D eigenvalue weighted by Gasteiger charge is 2.15. The van der Waals surface area contributed by atoms with E-state index in [1.807, 2.05) is 0 Å². The Labute approximate surface area is 452 Å². The molecule has 7 nitrogen and oxygen atoms in total. The number of nitrogens with zero attached hydrogens (tertiary/aromatic N) is 3. The van der Waals surface area contributed by atoms with Crippen LogP contribution in [0.3, 0.4) is 0 Å². The highest BCUT2D eigenvalue weighted by Crippen LogP contribution is 2.21. The van der Waals surface area contributed by atoms with Gasteiger partial charge < -0.3 is 19.3 Å². The summed E-state index contributed by atoms with van der Waals surface area (Å²) in [6.45, 7) is 24.0. The van der Waals surface area contributed by atoms with Crippen LogP contribution in [0.4, 0.5) is 0 Å². The van der Waals surface area contributed by atoms with Gasteiger partial charge in [0.2, 0.25) is 5.91 Å². The predicted molar refractivity (Wildman–Crippen MR) is 316 cm³/mol. The molecule has 0 aromatic heterocycles. The van der Waals surface area contributed by atoms with Crippen LogP contribution in [0.25, 0.3) is 0 Å². The monoisotopic (exact) mass is 1020 g/mol. The molecule has 1 amide bonds. The SMILES string of the molecule is CCCCCCCCC(CCCCCC)COC(=O)CCCCCCCN(CCCCCCCCOCN(CCCCCC)CCCCCC)CCCCCCCC(=O)N(CCCCCC)CCCCCC. The Hall–Kier alpha value is -1.18. The third-order valence-corrected chi connectivity index (χ3v) is 15.5. The van der Waals surface area contributed by atoms with E-state index >= 15 is 0 Å². The van der Waals surface area contributed by atoms with Crippen LogP contribution < -0.4 is 0 Å². The van der Waals surface area contributed by atoms with Gasteiger partial charge in [0.15, 0.2) is 0 Å². The van der Waals surface area contributed by atoms with Gasteiger partial charge in [0.1, 0.15) is 0 Å². The molecular formula is C65H131N3O4. The molecule has 72 heavy (non-hydrogen) atoms. The van der Waals surface area contributed by atoms with Gasteiger partial charge in [0, 0.05) is 45.6 Å². The maximum absolute atomic E-state index is 13.2. The lowest BCUT2D eigenvalue weighted by Gasteiger charge is -2.23. The van der Waals surface area contributed by atoms with Crippen LogP contribution in [0.2, 0.25) is 0 Å². The first kappa shape index (κ1) is 70.8. The predicted octanol–water partition coefficient (Wildman–Crippen LogP) is 19.6. The summed E-state index contributed by atoms with van der Waals surface area (Å²) in [6, 6.07) is 0. The summed E-state index contributed by atoms with van der Waals surface area (Å²) in [5.74, 6) is 0.979. The van der Waals surface area contributed by atoms with Crippen molar-refractivity contribution >= 4 is 11.9 Å². The molecule has 0 saturated heterocycles. The lowest BCUT2D eigenvalue weighted by atomic mass is 9.95. The molecule has 0 bridgehead atoms. The fourth-order valence-electron chi connectivity index (χ4n) is 10.5. The van der Waals surface area contributed by atoms with Crippen molar-refractivity contribution in [3.63, 3.8) is 0 Å². The number of hydrogen-bond acceptors (Lipinski definition) is 6. The Balaban J connectivity index is 4.78. The molecule has 0 heterocycles. The van der Waals surface area contributed by atoms with Crippen LogP contribution in [-0.2, 0) is 19.1 Å². The first-order valence-electron chi connectivity index (χ1n) is 32.9. The number of hydrogen-bond donors (Lipinski definition) is 0. The van der Waals surface area contributed by atoms with Crippen LogP contribution in [0.5, 0.6) is 0 Å². The fraction of sp³-hybridized carbons (Fsp3) is 0.969. The van der Waals surface area contributed by atoms with E-state index in [0.29, 0.717) is 24.9 Å². The molecule has 1 atom stereocenters. The standard InChI is InChI=1S/C65H131N3O4/c1-7-13-19-25-30-38-50-63(49-37-20-14-8-2)61-72-65(70)52-40-32-29-35-45-55-66(54-44-34-28-31-39-51-64(69)68(58-46-23-17-11-5)59-47-24-18-12-6)53-43-33-26-27-36-48-60-71-62-67(56-41-21-15-9-3)57-42-22-16-10-4/h63H,7-62H2,1-6H3. The minimum absolute atomic E-state index is 0.0310. The molecule has 430 valence electrons. The smallest absolute Gasteiger partial charge is 0.305 e. The number of esters is 1. The third kappa shape index (κ3) is 51.0. The highest BCUT2D eigenvalue weighted by atomic mass is 16.5. The number of rotatable bonds is 61. The Morgan fingerprint density at radius 2 is 0.653 bits per heavy atom. The Kier molecular flexibility index (Phi) is 58.1. The average Bonchev–Trinajstić information content (AvgIpc) is 3.38. The normalized spacial score (nSPS) is 12.2. The van der Waals surface area contributed by atoms with E-state index in [-0.39, 0.29) is 5.97 Å². The maximum Gasteiger partial charge on any atom is 0.305 e. The Morgan fingerprint density at radius 1 is 0.333 bits per heavy atom. The van der Waals surface area contributed by atoms with E-state index < -0.39 is 0 Å². The van der Waals surface area contributed by atoms with Gasteiger partial charge in [-0.1, -0.05) is 247 Å². The second-order valence-electron chi connectivity index (χ2n) is 22.7. The molecule has 0 rings (SSSR count). The van der Waals surface area contributed by atoms with E-state index in [2.05, 4.69) is 56.2 Å². The lowest BCUT2D eigenvalue weighted by molar-refractivity contribution is -0.145. The summed E-state index contributed by atoms with van der Waals surface area (Å²) < 4.78 is 12.1. The van der Waals surface area contributed by atoms with Crippen LogP contribution in [0.1, 0.15) is 337 Å². The molecule has 0 radical (unpaired) electrons. The van der Waals surface area contributed by atoms with Crippen molar-refractivity contribution in [2.45, 2.75) is 337 Å². The number of ether oxygens (including phenoxy) is 2. The molecule has 0 aromatic rings. The summed E-state index contributed by atoms with van der Waals surface area (Å²) in [4.78, 5) is 33.6. The highest BCUT2D eigenvalue weighted by molar-refractivity contribution is 5.76. The van der Waals surface area contributed by atoms with Crippen LogP contribution in [0, 0.1) is 5.92 Å².